The zero-order chi connectivity index (χ0) is 7.11. The molecule has 54 valence electrons. The van der Waals surface area contributed by atoms with Crippen LogP contribution in [-0.4, -0.2) is 31.6 Å². The summed E-state index contributed by atoms with van der Waals surface area (Å²) in [4.78, 5) is 9.69. The van der Waals surface area contributed by atoms with Crippen LogP contribution >= 0.6 is 0 Å². The SMILES string of the molecule is CN(N)CCCNC=O. The third-order valence-corrected chi connectivity index (χ3v) is 0.915. The van der Waals surface area contributed by atoms with Crippen LogP contribution in [0, 0.1) is 0 Å². The van der Waals surface area contributed by atoms with Gasteiger partial charge in [0, 0.05) is 20.1 Å². The minimum absolute atomic E-state index is 0.691. The van der Waals surface area contributed by atoms with Gasteiger partial charge in [-0.2, -0.15) is 0 Å². The van der Waals surface area contributed by atoms with Gasteiger partial charge in [0.1, 0.15) is 0 Å². The molecule has 4 heteroatoms. The normalized spacial score (nSPS) is 9.67. The van der Waals surface area contributed by atoms with Crippen molar-refractivity contribution in [2.24, 2.45) is 5.84 Å². The second-order valence-corrected chi connectivity index (χ2v) is 1.91. The summed E-state index contributed by atoms with van der Waals surface area (Å²) in [5.41, 5.74) is 0. The second kappa shape index (κ2) is 5.53. The Bertz CT molecular complexity index is 74.6. The van der Waals surface area contributed by atoms with E-state index < -0.39 is 0 Å². The van der Waals surface area contributed by atoms with Gasteiger partial charge in [0.15, 0.2) is 0 Å². The first-order valence-electron chi connectivity index (χ1n) is 2.90. The molecular formula is C5H13N3O. The van der Waals surface area contributed by atoms with Crippen molar-refractivity contribution in [3.63, 3.8) is 0 Å². The quantitative estimate of drug-likeness (QED) is 0.216. The molecule has 0 aromatic heterocycles. The standard InChI is InChI=1S/C5H13N3O/c1-8(6)4-2-3-7-5-9/h5H,2-4,6H2,1H3,(H,7,9). The van der Waals surface area contributed by atoms with Crippen LogP contribution in [0.4, 0.5) is 0 Å². The number of nitrogens with one attached hydrogen (secondary N) is 1. The van der Waals surface area contributed by atoms with Gasteiger partial charge in [0.2, 0.25) is 6.41 Å². The number of hydrogen-bond acceptors (Lipinski definition) is 3. The number of hydrogen-bond donors (Lipinski definition) is 2. The monoisotopic (exact) mass is 131 g/mol. The van der Waals surface area contributed by atoms with Crippen LogP contribution in [0.2, 0.25) is 0 Å². The maximum Gasteiger partial charge on any atom is 0.207 e. The van der Waals surface area contributed by atoms with E-state index in [0.29, 0.717) is 13.0 Å². The Hall–Kier alpha value is -0.610. The highest BCUT2D eigenvalue weighted by molar-refractivity contribution is 5.45. The lowest BCUT2D eigenvalue weighted by Gasteiger charge is -2.07. The molecule has 0 rings (SSSR count). The van der Waals surface area contributed by atoms with Crippen molar-refractivity contribution in [2.75, 3.05) is 20.1 Å². The van der Waals surface area contributed by atoms with Crippen LogP contribution in [0.25, 0.3) is 0 Å². The van der Waals surface area contributed by atoms with E-state index in [0.717, 1.165) is 13.0 Å². The van der Waals surface area contributed by atoms with Gasteiger partial charge in [-0.25, -0.2) is 0 Å². The minimum Gasteiger partial charge on any atom is -0.359 e. The minimum atomic E-state index is 0.691. The summed E-state index contributed by atoms with van der Waals surface area (Å²) in [5.74, 6) is 5.29. The van der Waals surface area contributed by atoms with Crippen LogP contribution in [0.5, 0.6) is 0 Å². The first-order chi connectivity index (χ1) is 4.27. The Morgan fingerprint density at radius 3 is 2.89 bits per heavy atom. The van der Waals surface area contributed by atoms with E-state index in [1.807, 2.05) is 0 Å². The van der Waals surface area contributed by atoms with Crippen LogP contribution in [0.15, 0.2) is 0 Å². The molecular weight excluding hydrogens is 118 g/mol. The van der Waals surface area contributed by atoms with Crippen LogP contribution in [0.3, 0.4) is 0 Å². The van der Waals surface area contributed by atoms with Gasteiger partial charge in [-0.3, -0.25) is 15.6 Å². The summed E-state index contributed by atoms with van der Waals surface area (Å²) < 4.78 is 0. The zero-order valence-electron chi connectivity index (χ0n) is 5.63. The molecule has 9 heavy (non-hydrogen) atoms. The average Bonchev–Trinajstić information content (AvgIpc) is 1.80. The summed E-state index contributed by atoms with van der Waals surface area (Å²) >= 11 is 0. The van der Waals surface area contributed by atoms with E-state index in [9.17, 15) is 4.79 Å². The fourth-order valence-electron chi connectivity index (χ4n) is 0.489. The van der Waals surface area contributed by atoms with E-state index in [-0.39, 0.29) is 0 Å². The lowest BCUT2D eigenvalue weighted by atomic mass is 10.4. The molecule has 0 spiro atoms. The summed E-state index contributed by atoms with van der Waals surface area (Å²) in [7, 11) is 1.79. The van der Waals surface area contributed by atoms with Crippen molar-refractivity contribution in [1.29, 1.82) is 0 Å². The molecule has 0 radical (unpaired) electrons. The largest absolute Gasteiger partial charge is 0.359 e. The summed E-state index contributed by atoms with van der Waals surface area (Å²) in [5, 5.41) is 4.13. The van der Waals surface area contributed by atoms with Crippen molar-refractivity contribution in [3.05, 3.63) is 0 Å². The van der Waals surface area contributed by atoms with Gasteiger partial charge in [-0.1, -0.05) is 0 Å². The van der Waals surface area contributed by atoms with E-state index in [2.05, 4.69) is 5.32 Å². The smallest absolute Gasteiger partial charge is 0.207 e. The molecule has 0 aromatic carbocycles. The molecule has 0 bridgehead atoms. The van der Waals surface area contributed by atoms with Crippen LogP contribution in [0.1, 0.15) is 6.42 Å². The lowest BCUT2D eigenvalue weighted by Crippen LogP contribution is -2.29. The van der Waals surface area contributed by atoms with E-state index in [1.165, 1.54) is 0 Å². The third kappa shape index (κ3) is 7.39. The highest BCUT2D eigenvalue weighted by Gasteiger charge is 1.87. The first kappa shape index (κ1) is 8.39. The lowest BCUT2D eigenvalue weighted by molar-refractivity contribution is -0.109. The molecule has 0 aliphatic heterocycles. The Morgan fingerprint density at radius 2 is 2.44 bits per heavy atom. The van der Waals surface area contributed by atoms with E-state index in [1.54, 1.807) is 12.1 Å². The van der Waals surface area contributed by atoms with Crippen molar-refractivity contribution in [2.45, 2.75) is 6.42 Å². The molecule has 0 heterocycles. The molecule has 0 aromatic rings. The van der Waals surface area contributed by atoms with Crippen molar-refractivity contribution >= 4 is 6.41 Å². The average molecular weight is 131 g/mol. The van der Waals surface area contributed by atoms with Gasteiger partial charge < -0.3 is 5.32 Å². The summed E-state index contributed by atoms with van der Waals surface area (Å²) in [6, 6.07) is 0. The highest BCUT2D eigenvalue weighted by Crippen LogP contribution is 1.75. The highest BCUT2D eigenvalue weighted by atomic mass is 16.1. The molecule has 0 saturated heterocycles. The van der Waals surface area contributed by atoms with E-state index in [4.69, 9.17) is 5.84 Å². The number of nitrogens with two attached hydrogens (primary N) is 1. The molecule has 0 fully saturated rings. The van der Waals surface area contributed by atoms with Crippen LogP contribution in [-0.2, 0) is 4.79 Å². The summed E-state index contributed by atoms with van der Waals surface area (Å²) in [6.45, 7) is 1.51. The number of amides is 1. The zero-order valence-corrected chi connectivity index (χ0v) is 5.63. The Kier molecular flexibility index (Phi) is 5.15. The van der Waals surface area contributed by atoms with Crippen molar-refractivity contribution < 1.29 is 4.79 Å². The van der Waals surface area contributed by atoms with Crippen LogP contribution < -0.4 is 11.2 Å². The van der Waals surface area contributed by atoms with Gasteiger partial charge in [-0.05, 0) is 6.42 Å². The molecule has 0 aliphatic carbocycles. The molecule has 4 nitrogen and oxygen atoms in total. The number of hydrazine groups is 1. The van der Waals surface area contributed by atoms with Gasteiger partial charge >= 0.3 is 0 Å². The maximum atomic E-state index is 9.69. The molecule has 0 atom stereocenters. The molecule has 1 amide bonds. The molecule has 0 aliphatic rings. The topological polar surface area (TPSA) is 58.4 Å². The van der Waals surface area contributed by atoms with Gasteiger partial charge in [-0.15, -0.1) is 0 Å². The number of nitrogens with zero attached hydrogens (tertiary/aromatic N) is 1. The van der Waals surface area contributed by atoms with E-state index >= 15 is 0 Å². The summed E-state index contributed by atoms with van der Waals surface area (Å²) in [6.07, 6.45) is 1.59. The molecule has 0 saturated carbocycles. The fraction of sp³-hybridized carbons (Fsp3) is 0.800. The maximum absolute atomic E-state index is 9.69. The third-order valence-electron chi connectivity index (χ3n) is 0.915. The fourth-order valence-corrected chi connectivity index (χ4v) is 0.489. The van der Waals surface area contributed by atoms with Gasteiger partial charge in [0.25, 0.3) is 0 Å². The Labute approximate surface area is 55.0 Å². The first-order valence-corrected chi connectivity index (χ1v) is 2.90. The molecule has 0 unspecified atom stereocenters. The Morgan fingerprint density at radius 1 is 1.78 bits per heavy atom. The predicted molar refractivity (Wildman–Crippen MR) is 35.5 cm³/mol. The Balaban J connectivity index is 2.82. The number of carbonyl (C=O) groups excluding carboxylic acids is 1. The number of rotatable bonds is 5. The predicted octanol–water partition coefficient (Wildman–Crippen LogP) is -1.07. The molecule has 3 N–H and O–H groups in total. The number of carbonyl (C=O) groups is 1. The van der Waals surface area contributed by atoms with Crippen molar-refractivity contribution in [1.82, 2.24) is 10.3 Å². The van der Waals surface area contributed by atoms with Gasteiger partial charge in [0.05, 0.1) is 0 Å². The second-order valence-electron chi connectivity index (χ2n) is 1.91. The van der Waals surface area contributed by atoms with Crippen molar-refractivity contribution in [3.8, 4) is 0 Å².